The summed E-state index contributed by atoms with van der Waals surface area (Å²) < 4.78 is 21.5. The third-order valence-electron chi connectivity index (χ3n) is 10.2. The smallest absolute Gasteiger partial charge is 0.253 e. The molecule has 238 valence electrons. The molecule has 1 aromatic carbocycles. The fraction of sp³-hybridized carbons (Fsp3) is 0.588. The number of ether oxygens (including phenoxy) is 1. The Labute approximate surface area is 267 Å². The Kier molecular flexibility index (Phi) is 8.50. The van der Waals surface area contributed by atoms with E-state index in [-0.39, 0.29) is 29.8 Å². The summed E-state index contributed by atoms with van der Waals surface area (Å²) in [6.45, 7) is 3.96. The first-order chi connectivity index (χ1) is 21.9. The lowest BCUT2D eigenvalue weighted by Gasteiger charge is -2.46. The van der Waals surface area contributed by atoms with Gasteiger partial charge in [0.25, 0.3) is 5.91 Å². The number of likely N-dealkylation sites (N-methyl/N-ethyl adjacent to an activating group) is 1. The highest BCUT2D eigenvalue weighted by Gasteiger charge is 2.59. The number of hydrogen-bond acceptors (Lipinski definition) is 9. The third kappa shape index (κ3) is 5.94. The molecule has 4 unspecified atom stereocenters. The molecule has 5 aliphatic rings. The van der Waals surface area contributed by atoms with Crippen LogP contribution in [0.15, 0.2) is 23.6 Å². The molecule has 1 N–H and O–H groups in total. The number of Topliss-reactive ketones (excluding diaryl/α,β-unsaturated/α-hetero) is 1. The van der Waals surface area contributed by atoms with Crippen molar-refractivity contribution in [2.24, 2.45) is 17.8 Å². The normalized spacial score (nSPS) is 27.5. The van der Waals surface area contributed by atoms with Crippen LogP contribution < -0.4 is 10.2 Å². The zero-order valence-electron chi connectivity index (χ0n) is 25.7. The van der Waals surface area contributed by atoms with Gasteiger partial charge in [0.1, 0.15) is 18.5 Å². The molecule has 1 aromatic heterocycles. The fourth-order valence-electron chi connectivity index (χ4n) is 7.41. The molecule has 11 heteroatoms. The van der Waals surface area contributed by atoms with E-state index in [9.17, 15) is 14.4 Å². The largest absolute Gasteiger partial charge is 0.367 e. The first-order valence-corrected chi connectivity index (χ1v) is 17.1. The van der Waals surface area contributed by atoms with Gasteiger partial charge in [-0.25, -0.2) is 9.37 Å². The Morgan fingerprint density at radius 2 is 1.91 bits per heavy atom. The molecule has 0 bridgehead atoms. The predicted molar refractivity (Wildman–Crippen MR) is 169 cm³/mol. The minimum atomic E-state index is -1.43. The molecule has 3 saturated heterocycles. The summed E-state index contributed by atoms with van der Waals surface area (Å²) in [5.41, 5.74) is -0.460. The number of nitrogens with zero attached hydrogens (tertiary/aromatic N) is 4. The van der Waals surface area contributed by atoms with Gasteiger partial charge in [-0.1, -0.05) is 31.1 Å². The van der Waals surface area contributed by atoms with Crippen LogP contribution in [0.2, 0.25) is 0 Å². The minimum Gasteiger partial charge on any atom is -0.367 e. The minimum absolute atomic E-state index is 0.0270. The van der Waals surface area contributed by atoms with E-state index in [2.05, 4.69) is 34.0 Å². The van der Waals surface area contributed by atoms with Crippen LogP contribution in [0, 0.1) is 35.4 Å². The van der Waals surface area contributed by atoms with Gasteiger partial charge in [0.15, 0.2) is 22.9 Å². The van der Waals surface area contributed by atoms with Gasteiger partial charge >= 0.3 is 0 Å². The Morgan fingerprint density at radius 1 is 1.13 bits per heavy atom. The summed E-state index contributed by atoms with van der Waals surface area (Å²) >= 11 is 1.49. The summed E-state index contributed by atoms with van der Waals surface area (Å²) in [7, 11) is 2.10. The van der Waals surface area contributed by atoms with E-state index in [0.717, 1.165) is 82.5 Å². The molecule has 3 aliphatic heterocycles. The lowest BCUT2D eigenvalue weighted by Crippen LogP contribution is -2.68. The number of rotatable bonds is 7. The second-order valence-electron chi connectivity index (χ2n) is 13.2. The molecule has 4 heterocycles. The number of anilines is 1. The predicted octanol–water partition coefficient (Wildman–Crippen LogP) is 3.59. The quantitative estimate of drug-likeness (QED) is 0.366. The van der Waals surface area contributed by atoms with Crippen molar-refractivity contribution in [2.45, 2.75) is 62.8 Å². The Balaban J connectivity index is 1.15. The molecular formula is C34H40FN5O4S. The number of halogens is 1. The lowest BCUT2D eigenvalue weighted by molar-refractivity contribution is -0.132. The topological polar surface area (TPSA) is 95.1 Å². The SMILES string of the molecule is CN1CCN(c2nc(-c3ccc(C(=O)NC(C=O)(C4CCCCC4)N4CC(C#CC5CC5)C5OCC(=O)C54)cc3F)cs2)CC1. The molecule has 7 rings (SSSR count). The molecule has 2 saturated carbocycles. The number of carbonyl (C=O) groups is 3. The number of thiazole rings is 1. The number of piperazine rings is 1. The first kappa shape index (κ1) is 30.5. The van der Waals surface area contributed by atoms with Crippen molar-refractivity contribution in [3.8, 4) is 23.1 Å². The van der Waals surface area contributed by atoms with Crippen LogP contribution in [0.5, 0.6) is 0 Å². The van der Waals surface area contributed by atoms with Gasteiger partial charge in [-0.2, -0.15) is 0 Å². The van der Waals surface area contributed by atoms with Crippen LogP contribution in [0.4, 0.5) is 9.52 Å². The van der Waals surface area contributed by atoms with Crippen molar-refractivity contribution in [2.75, 3.05) is 51.3 Å². The molecule has 1 amide bonds. The van der Waals surface area contributed by atoms with Gasteiger partial charge in [-0.05, 0) is 50.9 Å². The summed E-state index contributed by atoms with van der Waals surface area (Å²) in [6.07, 6.45) is 6.95. The van der Waals surface area contributed by atoms with E-state index in [4.69, 9.17) is 9.72 Å². The van der Waals surface area contributed by atoms with Gasteiger partial charge in [0.2, 0.25) is 0 Å². The fourth-order valence-corrected chi connectivity index (χ4v) is 8.29. The maximum absolute atomic E-state index is 15.6. The Morgan fingerprint density at radius 3 is 2.62 bits per heavy atom. The standard InChI is InChI=1S/C34H40FN5O4S/c1-38-13-15-39(16-14-38)33-36-28(20-45-33)26-12-11-23(17-27(26)35)32(43)37-34(21-41,25-5-3-2-4-6-25)40-18-24(10-9-22-7-8-22)31-30(40)29(42)19-44-31/h11-12,17,20-22,24-25,30-31H,2-8,13-16,18-19H2,1H3,(H,37,43). The van der Waals surface area contributed by atoms with E-state index in [1.165, 1.54) is 17.4 Å². The molecule has 9 nitrogen and oxygen atoms in total. The van der Waals surface area contributed by atoms with Crippen LogP contribution in [-0.4, -0.2) is 96.9 Å². The Hall–Kier alpha value is -3.17. The van der Waals surface area contributed by atoms with E-state index in [1.807, 2.05) is 10.3 Å². The number of carbonyl (C=O) groups excluding carboxylic acids is 3. The highest BCUT2D eigenvalue weighted by Crippen LogP contribution is 2.42. The average Bonchev–Trinajstić information content (AvgIpc) is 3.44. The van der Waals surface area contributed by atoms with Crippen LogP contribution in [-0.2, 0) is 14.3 Å². The van der Waals surface area contributed by atoms with Crippen molar-refractivity contribution in [3.05, 3.63) is 35.0 Å². The number of aldehydes is 1. The van der Waals surface area contributed by atoms with Gasteiger partial charge in [0.05, 0.1) is 17.7 Å². The maximum Gasteiger partial charge on any atom is 0.253 e. The number of benzene rings is 1. The van der Waals surface area contributed by atoms with Crippen molar-refractivity contribution in [1.82, 2.24) is 20.1 Å². The maximum atomic E-state index is 15.6. The summed E-state index contributed by atoms with van der Waals surface area (Å²) in [5, 5.41) is 5.75. The number of amides is 1. The number of aromatic nitrogens is 1. The first-order valence-electron chi connectivity index (χ1n) is 16.3. The molecule has 2 aromatic rings. The van der Waals surface area contributed by atoms with E-state index in [0.29, 0.717) is 23.7 Å². The van der Waals surface area contributed by atoms with E-state index < -0.39 is 29.5 Å². The highest BCUT2D eigenvalue weighted by molar-refractivity contribution is 7.14. The van der Waals surface area contributed by atoms with Gasteiger partial charge in [-0.3, -0.25) is 19.3 Å². The van der Waals surface area contributed by atoms with Crippen molar-refractivity contribution < 1.29 is 23.5 Å². The highest BCUT2D eigenvalue weighted by atomic mass is 32.1. The van der Waals surface area contributed by atoms with Crippen LogP contribution in [0.3, 0.4) is 0 Å². The van der Waals surface area contributed by atoms with E-state index in [1.54, 1.807) is 12.1 Å². The number of hydrogen-bond donors (Lipinski definition) is 1. The lowest BCUT2D eigenvalue weighted by atomic mass is 9.78. The number of fused-ring (bicyclic) bond motifs is 1. The summed E-state index contributed by atoms with van der Waals surface area (Å²) in [4.78, 5) is 51.4. The molecule has 5 fully saturated rings. The molecule has 4 atom stereocenters. The van der Waals surface area contributed by atoms with Crippen LogP contribution in [0.25, 0.3) is 11.3 Å². The summed E-state index contributed by atoms with van der Waals surface area (Å²) in [5.74, 6) is 5.43. The van der Waals surface area contributed by atoms with Gasteiger partial charge in [-0.15, -0.1) is 11.3 Å². The van der Waals surface area contributed by atoms with Crippen molar-refractivity contribution in [1.29, 1.82) is 0 Å². The van der Waals surface area contributed by atoms with Gasteiger partial charge < -0.3 is 19.9 Å². The number of ketones is 1. The van der Waals surface area contributed by atoms with Gasteiger partial charge in [0, 0.05) is 61.1 Å². The van der Waals surface area contributed by atoms with Crippen molar-refractivity contribution >= 4 is 34.4 Å². The summed E-state index contributed by atoms with van der Waals surface area (Å²) in [6, 6.07) is 3.73. The number of likely N-dealkylation sites (tertiary alicyclic amines) is 1. The monoisotopic (exact) mass is 633 g/mol. The number of nitrogens with one attached hydrogen (secondary N) is 1. The molecule has 0 radical (unpaired) electrons. The molecule has 2 aliphatic carbocycles. The van der Waals surface area contributed by atoms with Crippen molar-refractivity contribution in [3.63, 3.8) is 0 Å². The Bertz CT molecular complexity index is 1520. The van der Waals surface area contributed by atoms with E-state index >= 15 is 4.39 Å². The average molecular weight is 634 g/mol. The second-order valence-corrected chi connectivity index (χ2v) is 14.1. The third-order valence-corrected chi connectivity index (χ3v) is 11.1. The molecule has 0 spiro atoms. The zero-order chi connectivity index (χ0) is 31.1. The molecule has 45 heavy (non-hydrogen) atoms. The zero-order valence-corrected chi connectivity index (χ0v) is 26.5. The molecular weight excluding hydrogens is 593 g/mol. The second kappa shape index (κ2) is 12.6. The van der Waals surface area contributed by atoms with Crippen LogP contribution in [0.1, 0.15) is 55.3 Å². The van der Waals surface area contributed by atoms with Crippen LogP contribution >= 0.6 is 11.3 Å².